The number of fused-ring (bicyclic) bond motifs is 9. The number of para-hydroxylation sites is 3. The Balaban J connectivity index is 0.931. The van der Waals surface area contributed by atoms with Crippen LogP contribution >= 0.6 is 11.3 Å². The van der Waals surface area contributed by atoms with E-state index in [0.29, 0.717) is 0 Å². The average Bonchev–Trinajstić information content (AvgIpc) is 4.05. The van der Waals surface area contributed by atoms with Crippen molar-refractivity contribution >= 4 is 92.3 Å². The number of hydrogen-bond acceptors (Lipinski definition) is 3. The van der Waals surface area contributed by atoms with Crippen molar-refractivity contribution in [2.75, 3.05) is 4.90 Å². The van der Waals surface area contributed by atoms with Crippen molar-refractivity contribution in [2.24, 2.45) is 0 Å². The van der Waals surface area contributed by atoms with E-state index in [1.807, 2.05) is 11.3 Å². The molecule has 10 aromatic carbocycles. The van der Waals surface area contributed by atoms with Gasteiger partial charge in [0.2, 0.25) is 0 Å². The Morgan fingerprint density at radius 3 is 1.78 bits per heavy atom. The quantitative estimate of drug-likeness (QED) is 0.159. The van der Waals surface area contributed by atoms with Crippen molar-refractivity contribution < 1.29 is 4.42 Å². The molecular formula is C60H38N2OS. The highest BCUT2D eigenvalue weighted by atomic mass is 32.1. The fourth-order valence-corrected chi connectivity index (χ4v) is 11.0. The molecule has 3 nitrogen and oxygen atoms in total. The smallest absolute Gasteiger partial charge is 0.143 e. The maximum atomic E-state index is 6.53. The summed E-state index contributed by atoms with van der Waals surface area (Å²) in [4.78, 5) is 2.43. The zero-order valence-corrected chi connectivity index (χ0v) is 35.5. The van der Waals surface area contributed by atoms with Crippen molar-refractivity contribution in [1.82, 2.24) is 4.57 Å². The molecule has 0 fully saturated rings. The van der Waals surface area contributed by atoms with Crippen molar-refractivity contribution in [3.05, 3.63) is 231 Å². The summed E-state index contributed by atoms with van der Waals surface area (Å²) in [5.41, 5.74) is 15.7. The zero-order valence-electron chi connectivity index (χ0n) is 34.7. The van der Waals surface area contributed by atoms with Crippen LogP contribution < -0.4 is 4.90 Å². The third-order valence-corrected chi connectivity index (χ3v) is 13.9. The van der Waals surface area contributed by atoms with Gasteiger partial charge in [0, 0.05) is 64.3 Å². The molecule has 13 aromatic rings. The molecule has 0 spiro atoms. The summed E-state index contributed by atoms with van der Waals surface area (Å²) in [5.74, 6) is 0. The maximum absolute atomic E-state index is 6.53. The third-order valence-electron chi connectivity index (χ3n) is 12.8. The molecule has 0 unspecified atom stereocenters. The van der Waals surface area contributed by atoms with Crippen LogP contribution in [-0.2, 0) is 0 Å². The van der Waals surface area contributed by atoms with E-state index in [9.17, 15) is 0 Å². The van der Waals surface area contributed by atoms with E-state index >= 15 is 0 Å². The molecule has 0 N–H and O–H groups in total. The normalized spacial score (nSPS) is 11.8. The lowest BCUT2D eigenvalue weighted by atomic mass is 9.98. The first kappa shape index (κ1) is 36.5. The number of benzene rings is 10. The van der Waals surface area contributed by atoms with Gasteiger partial charge in [0.05, 0.1) is 16.7 Å². The second kappa shape index (κ2) is 14.7. The highest BCUT2D eigenvalue weighted by Gasteiger charge is 2.21. The number of rotatable bonds is 7. The fraction of sp³-hybridized carbons (Fsp3) is 0. The number of thiophene rings is 1. The number of hydrogen-bond donors (Lipinski definition) is 0. The minimum absolute atomic E-state index is 0.891. The first-order chi connectivity index (χ1) is 31.7. The lowest BCUT2D eigenvalue weighted by Crippen LogP contribution is -2.10. The Kier molecular flexibility index (Phi) is 8.40. The van der Waals surface area contributed by atoms with Gasteiger partial charge in [-0.3, -0.25) is 0 Å². The van der Waals surface area contributed by atoms with E-state index < -0.39 is 0 Å². The summed E-state index contributed by atoms with van der Waals surface area (Å²) < 4.78 is 11.5. The molecule has 64 heavy (non-hydrogen) atoms. The van der Waals surface area contributed by atoms with E-state index in [1.165, 1.54) is 53.1 Å². The highest BCUT2D eigenvalue weighted by molar-refractivity contribution is 7.26. The fourth-order valence-electron chi connectivity index (χ4n) is 9.90. The van der Waals surface area contributed by atoms with Gasteiger partial charge >= 0.3 is 0 Å². The van der Waals surface area contributed by atoms with Crippen LogP contribution in [0.1, 0.15) is 0 Å². The van der Waals surface area contributed by atoms with Gasteiger partial charge in [-0.05, 0) is 107 Å². The standard InChI is InChI=1S/C60H38N2OS/c1-3-14-40(15-4-1)47-21-11-22-48-51-38-42(32-37-55(51)63-60(47)48)39-28-33-44(34-29-39)61(54-25-13-27-57-59(54)50-19-8-10-26-56(50)64-57)45-35-30-41(31-36-45)46-20-12-24-53-58(46)49-18-7-9-23-52(49)62(53)43-16-5-2-6-17-43/h1-38H. The molecule has 3 heterocycles. The third kappa shape index (κ3) is 5.81. The van der Waals surface area contributed by atoms with Crippen LogP contribution in [0.5, 0.6) is 0 Å². The molecule has 300 valence electrons. The molecule has 0 radical (unpaired) electrons. The van der Waals surface area contributed by atoms with Gasteiger partial charge in [0.1, 0.15) is 11.2 Å². The van der Waals surface area contributed by atoms with Gasteiger partial charge in [0.25, 0.3) is 0 Å². The minimum atomic E-state index is 0.891. The number of anilines is 3. The first-order valence-electron chi connectivity index (χ1n) is 21.7. The SMILES string of the molecule is c1ccc(-c2cccc3c2oc2ccc(-c4ccc(N(c5ccc(-c6cccc7c6c6ccccc6n7-c6ccccc6)cc5)c5cccc6sc7ccccc7c56)cc4)cc23)cc1. The molecule has 0 atom stereocenters. The Hall–Kier alpha value is -8.18. The highest BCUT2D eigenvalue weighted by Crippen LogP contribution is 2.46. The average molecular weight is 835 g/mol. The molecule has 0 saturated carbocycles. The van der Waals surface area contributed by atoms with Gasteiger partial charge in [-0.15, -0.1) is 11.3 Å². The van der Waals surface area contributed by atoms with Crippen LogP contribution in [0.15, 0.2) is 235 Å². The van der Waals surface area contributed by atoms with Crippen molar-refractivity contribution in [1.29, 1.82) is 0 Å². The summed E-state index contributed by atoms with van der Waals surface area (Å²) >= 11 is 1.85. The van der Waals surface area contributed by atoms with Crippen molar-refractivity contribution in [2.45, 2.75) is 0 Å². The summed E-state index contributed by atoms with van der Waals surface area (Å²) in [7, 11) is 0. The van der Waals surface area contributed by atoms with Gasteiger partial charge in [-0.1, -0.05) is 152 Å². The Bertz CT molecular complexity index is 3880. The van der Waals surface area contributed by atoms with E-state index in [1.54, 1.807) is 0 Å². The lowest BCUT2D eigenvalue weighted by molar-refractivity contribution is 0.670. The Morgan fingerprint density at radius 1 is 0.375 bits per heavy atom. The zero-order chi connectivity index (χ0) is 42.1. The second-order valence-electron chi connectivity index (χ2n) is 16.4. The summed E-state index contributed by atoms with van der Waals surface area (Å²) in [6, 6.07) is 83.3. The Labute approximate surface area is 373 Å². The molecule has 0 aliphatic heterocycles. The minimum Gasteiger partial charge on any atom is -0.455 e. The van der Waals surface area contributed by atoms with Crippen molar-refractivity contribution in [3.63, 3.8) is 0 Å². The summed E-state index contributed by atoms with van der Waals surface area (Å²) in [6.45, 7) is 0. The number of nitrogens with zero attached hydrogens (tertiary/aromatic N) is 2. The summed E-state index contributed by atoms with van der Waals surface area (Å²) in [5, 5.41) is 7.28. The van der Waals surface area contributed by atoms with Crippen LogP contribution in [0, 0.1) is 0 Å². The molecule has 0 amide bonds. The van der Waals surface area contributed by atoms with Crippen LogP contribution in [0.2, 0.25) is 0 Å². The van der Waals surface area contributed by atoms with E-state index in [0.717, 1.165) is 66.9 Å². The van der Waals surface area contributed by atoms with E-state index in [2.05, 4.69) is 240 Å². The number of aromatic nitrogens is 1. The monoisotopic (exact) mass is 834 g/mol. The molecule has 0 bridgehead atoms. The predicted octanol–water partition coefficient (Wildman–Crippen LogP) is 17.5. The van der Waals surface area contributed by atoms with Crippen LogP contribution in [-0.4, -0.2) is 4.57 Å². The predicted molar refractivity (Wildman–Crippen MR) is 272 cm³/mol. The summed E-state index contributed by atoms with van der Waals surface area (Å²) in [6.07, 6.45) is 0. The second-order valence-corrected chi connectivity index (χ2v) is 17.5. The van der Waals surface area contributed by atoms with E-state index in [-0.39, 0.29) is 0 Å². The number of furan rings is 1. The first-order valence-corrected chi connectivity index (χ1v) is 22.6. The van der Waals surface area contributed by atoms with Gasteiger partial charge in [-0.2, -0.15) is 0 Å². The van der Waals surface area contributed by atoms with Gasteiger partial charge < -0.3 is 13.9 Å². The molecule has 3 aromatic heterocycles. The molecule has 4 heteroatoms. The topological polar surface area (TPSA) is 21.3 Å². The van der Waals surface area contributed by atoms with E-state index in [4.69, 9.17) is 4.42 Å². The Morgan fingerprint density at radius 2 is 0.969 bits per heavy atom. The molecule has 0 aliphatic carbocycles. The largest absolute Gasteiger partial charge is 0.455 e. The molecule has 13 rings (SSSR count). The van der Waals surface area contributed by atoms with Crippen LogP contribution in [0.25, 0.3) is 103 Å². The van der Waals surface area contributed by atoms with Crippen LogP contribution in [0.4, 0.5) is 17.1 Å². The maximum Gasteiger partial charge on any atom is 0.143 e. The molecule has 0 aliphatic rings. The molecule has 0 saturated heterocycles. The molecular weight excluding hydrogens is 797 g/mol. The lowest BCUT2D eigenvalue weighted by Gasteiger charge is -2.27. The van der Waals surface area contributed by atoms with Crippen LogP contribution in [0.3, 0.4) is 0 Å². The van der Waals surface area contributed by atoms with Crippen molar-refractivity contribution in [3.8, 4) is 39.1 Å². The van der Waals surface area contributed by atoms with Gasteiger partial charge in [-0.25, -0.2) is 0 Å². The van der Waals surface area contributed by atoms with Gasteiger partial charge in [0.15, 0.2) is 0 Å².